The third-order valence-electron chi connectivity index (χ3n) is 6.52. The molecule has 2 aromatic carbocycles. The minimum absolute atomic E-state index is 0.679. The lowest BCUT2D eigenvalue weighted by molar-refractivity contribution is 0.100. The van der Waals surface area contributed by atoms with Crippen molar-refractivity contribution >= 4 is 23.4 Å². The number of halogens is 1. The molecule has 1 saturated heterocycles. The molecule has 1 saturated carbocycles. The van der Waals surface area contributed by atoms with E-state index in [1.54, 1.807) is 0 Å². The van der Waals surface area contributed by atoms with Gasteiger partial charge < -0.3 is 9.74 Å². The van der Waals surface area contributed by atoms with Gasteiger partial charge in [-0.3, -0.25) is 4.90 Å². The van der Waals surface area contributed by atoms with E-state index in [1.807, 2.05) is 18.2 Å². The lowest BCUT2D eigenvalue weighted by atomic mass is 10.0. The van der Waals surface area contributed by atoms with E-state index in [0.717, 1.165) is 74.8 Å². The second kappa shape index (κ2) is 12.9. The van der Waals surface area contributed by atoms with E-state index in [1.165, 1.54) is 30.4 Å². The average molecular weight is 466 g/mol. The van der Waals surface area contributed by atoms with Gasteiger partial charge in [0.25, 0.3) is 0 Å². The molecule has 5 heteroatoms. The Morgan fingerprint density at radius 1 is 0.879 bits per heavy atom. The van der Waals surface area contributed by atoms with Crippen molar-refractivity contribution < 1.29 is 4.84 Å². The Morgan fingerprint density at radius 3 is 2.48 bits per heavy atom. The van der Waals surface area contributed by atoms with Crippen LogP contribution in [-0.2, 0) is 11.4 Å². The van der Waals surface area contributed by atoms with Gasteiger partial charge in [0, 0.05) is 44.3 Å². The largest absolute Gasteiger partial charge is 0.396 e. The Hall–Kier alpha value is -2.14. The van der Waals surface area contributed by atoms with Crippen LogP contribution in [0, 0.1) is 0 Å². The predicted molar refractivity (Wildman–Crippen MR) is 139 cm³/mol. The van der Waals surface area contributed by atoms with E-state index in [4.69, 9.17) is 16.4 Å². The first-order chi connectivity index (χ1) is 16.3. The molecular weight excluding hydrogens is 430 g/mol. The zero-order valence-electron chi connectivity index (χ0n) is 19.6. The minimum atomic E-state index is 0.679. The molecule has 2 fully saturated rings. The van der Waals surface area contributed by atoms with Crippen LogP contribution < -0.4 is 0 Å². The second-order valence-corrected chi connectivity index (χ2v) is 9.55. The van der Waals surface area contributed by atoms with Crippen molar-refractivity contribution in [2.24, 2.45) is 5.16 Å². The van der Waals surface area contributed by atoms with Crippen LogP contribution in [0.3, 0.4) is 0 Å². The first-order valence-electron chi connectivity index (χ1n) is 12.4. The van der Waals surface area contributed by atoms with Crippen molar-refractivity contribution in [3.05, 3.63) is 76.3 Å². The summed E-state index contributed by atoms with van der Waals surface area (Å²) >= 11 is 6.17. The summed E-state index contributed by atoms with van der Waals surface area (Å²) < 4.78 is 0. The van der Waals surface area contributed by atoms with Gasteiger partial charge in [0.1, 0.15) is 6.61 Å². The molecule has 4 rings (SSSR count). The lowest BCUT2D eigenvalue weighted by Gasteiger charge is -2.34. The SMILES string of the molecule is Clc1cccc(/C=C2\CCCCC\C2=N/OCCCN2CCN(Cc3ccccc3)CC2)c1. The Kier molecular flexibility index (Phi) is 9.40. The zero-order chi connectivity index (χ0) is 22.7. The van der Waals surface area contributed by atoms with E-state index < -0.39 is 0 Å². The van der Waals surface area contributed by atoms with Crippen LogP contribution in [0.5, 0.6) is 0 Å². The van der Waals surface area contributed by atoms with Gasteiger partial charge in [0.15, 0.2) is 0 Å². The van der Waals surface area contributed by atoms with Gasteiger partial charge in [-0.25, -0.2) is 0 Å². The highest BCUT2D eigenvalue weighted by atomic mass is 35.5. The lowest BCUT2D eigenvalue weighted by Crippen LogP contribution is -2.46. The smallest absolute Gasteiger partial charge is 0.118 e. The van der Waals surface area contributed by atoms with Crippen molar-refractivity contribution in [3.8, 4) is 0 Å². The fraction of sp³-hybridized carbons (Fsp3) is 0.464. The van der Waals surface area contributed by atoms with Gasteiger partial charge in [0.05, 0.1) is 5.71 Å². The third-order valence-corrected chi connectivity index (χ3v) is 6.75. The van der Waals surface area contributed by atoms with Crippen LogP contribution >= 0.6 is 11.6 Å². The average Bonchev–Trinajstić information content (AvgIpc) is 3.06. The Labute approximate surface area is 203 Å². The molecule has 0 unspecified atom stereocenters. The molecule has 0 bridgehead atoms. The number of hydrogen-bond acceptors (Lipinski definition) is 4. The molecule has 2 aromatic rings. The Morgan fingerprint density at radius 2 is 1.67 bits per heavy atom. The van der Waals surface area contributed by atoms with E-state index in [2.05, 4.69) is 57.4 Å². The van der Waals surface area contributed by atoms with Gasteiger partial charge in [-0.2, -0.15) is 0 Å². The number of allylic oxidation sites excluding steroid dienone is 1. The number of hydrogen-bond donors (Lipinski definition) is 0. The summed E-state index contributed by atoms with van der Waals surface area (Å²) in [5.41, 5.74) is 4.95. The maximum atomic E-state index is 6.17. The van der Waals surface area contributed by atoms with Crippen molar-refractivity contribution in [3.63, 3.8) is 0 Å². The summed E-state index contributed by atoms with van der Waals surface area (Å²) in [5.74, 6) is 0. The molecule has 0 atom stereocenters. The quantitative estimate of drug-likeness (QED) is 0.261. The number of oxime groups is 1. The highest BCUT2D eigenvalue weighted by Gasteiger charge is 2.17. The minimum Gasteiger partial charge on any atom is -0.396 e. The summed E-state index contributed by atoms with van der Waals surface area (Å²) in [5, 5.41) is 5.35. The first kappa shape index (κ1) is 24.0. The summed E-state index contributed by atoms with van der Waals surface area (Å²) in [6, 6.07) is 18.8. The number of rotatable bonds is 8. The third kappa shape index (κ3) is 7.99. The molecule has 2 aliphatic rings. The summed E-state index contributed by atoms with van der Waals surface area (Å²) in [7, 11) is 0. The van der Waals surface area contributed by atoms with Crippen LogP contribution in [0.1, 0.15) is 49.7 Å². The molecule has 0 aromatic heterocycles. The van der Waals surface area contributed by atoms with Crippen molar-refractivity contribution in [2.45, 2.75) is 45.1 Å². The highest BCUT2D eigenvalue weighted by Crippen LogP contribution is 2.24. The van der Waals surface area contributed by atoms with Gasteiger partial charge in [-0.15, -0.1) is 0 Å². The molecule has 33 heavy (non-hydrogen) atoms. The molecule has 176 valence electrons. The van der Waals surface area contributed by atoms with Gasteiger partial charge in [0.2, 0.25) is 0 Å². The molecule has 1 aliphatic carbocycles. The van der Waals surface area contributed by atoms with Crippen molar-refractivity contribution in [2.75, 3.05) is 39.3 Å². The Bertz CT molecular complexity index is 920. The molecule has 0 spiro atoms. The number of piperazine rings is 1. The number of benzene rings is 2. The van der Waals surface area contributed by atoms with Crippen molar-refractivity contribution in [1.82, 2.24) is 9.80 Å². The van der Waals surface area contributed by atoms with E-state index >= 15 is 0 Å². The molecule has 1 aliphatic heterocycles. The second-order valence-electron chi connectivity index (χ2n) is 9.11. The molecular formula is C28H36ClN3O. The molecule has 0 N–H and O–H groups in total. The van der Waals surface area contributed by atoms with E-state index in [-0.39, 0.29) is 0 Å². The topological polar surface area (TPSA) is 28.1 Å². The van der Waals surface area contributed by atoms with E-state index in [9.17, 15) is 0 Å². The summed E-state index contributed by atoms with van der Waals surface area (Å²) in [6.45, 7) is 7.35. The fourth-order valence-corrected chi connectivity index (χ4v) is 4.83. The van der Waals surface area contributed by atoms with Crippen LogP contribution in [0.4, 0.5) is 0 Å². The van der Waals surface area contributed by atoms with Crippen LogP contribution in [0.25, 0.3) is 6.08 Å². The molecule has 0 radical (unpaired) electrons. The monoisotopic (exact) mass is 465 g/mol. The van der Waals surface area contributed by atoms with Gasteiger partial charge >= 0.3 is 0 Å². The maximum absolute atomic E-state index is 6.17. The predicted octanol–water partition coefficient (Wildman–Crippen LogP) is 6.27. The van der Waals surface area contributed by atoms with Crippen LogP contribution in [-0.4, -0.2) is 54.8 Å². The standard InChI is InChI=1S/C28H36ClN3O/c29-27-13-7-11-25(22-27)21-26-12-5-2-6-14-28(26)30-33-20-8-15-31-16-18-32(19-17-31)23-24-9-3-1-4-10-24/h1,3-4,7,9-11,13,21-22H,2,5-6,8,12,14-20,23H2/b26-21+,30-28+. The highest BCUT2D eigenvalue weighted by molar-refractivity contribution is 6.30. The molecule has 0 amide bonds. The maximum Gasteiger partial charge on any atom is 0.118 e. The summed E-state index contributed by atoms with van der Waals surface area (Å²) in [6.07, 6.45) is 8.95. The van der Waals surface area contributed by atoms with Crippen LogP contribution in [0.15, 0.2) is 65.3 Å². The van der Waals surface area contributed by atoms with Gasteiger partial charge in [-0.1, -0.05) is 65.6 Å². The zero-order valence-corrected chi connectivity index (χ0v) is 20.3. The number of nitrogens with zero attached hydrogens (tertiary/aromatic N) is 3. The van der Waals surface area contributed by atoms with Gasteiger partial charge in [-0.05, 0) is 67.0 Å². The first-order valence-corrected chi connectivity index (χ1v) is 12.8. The normalized spacial score (nSPS) is 20.8. The van der Waals surface area contributed by atoms with Crippen LogP contribution in [0.2, 0.25) is 5.02 Å². The van der Waals surface area contributed by atoms with Crippen molar-refractivity contribution in [1.29, 1.82) is 0 Å². The molecule has 4 nitrogen and oxygen atoms in total. The molecule has 1 heterocycles. The van der Waals surface area contributed by atoms with E-state index in [0.29, 0.717) is 6.61 Å². The Balaban J connectivity index is 1.20. The fourth-order valence-electron chi connectivity index (χ4n) is 4.64. The summed E-state index contributed by atoms with van der Waals surface area (Å²) in [4.78, 5) is 10.9.